The predicted octanol–water partition coefficient (Wildman–Crippen LogP) is 7.61. The third-order valence-electron chi connectivity index (χ3n) is 6.48. The zero-order chi connectivity index (χ0) is 25.7. The van der Waals surface area contributed by atoms with Gasteiger partial charge in [0, 0.05) is 11.9 Å². The van der Waals surface area contributed by atoms with Gasteiger partial charge in [-0.3, -0.25) is 0 Å². The molecule has 1 aliphatic rings. The highest BCUT2D eigenvalue weighted by Crippen LogP contribution is 2.43. The highest BCUT2D eigenvalue weighted by Gasteiger charge is 2.27. The van der Waals surface area contributed by atoms with E-state index >= 15 is 0 Å². The van der Waals surface area contributed by atoms with E-state index in [1.54, 1.807) is 12.1 Å². The Morgan fingerprint density at radius 2 is 1.86 bits per heavy atom. The molecule has 36 heavy (non-hydrogen) atoms. The Morgan fingerprint density at radius 1 is 1.08 bits per heavy atom. The van der Waals surface area contributed by atoms with E-state index in [2.05, 4.69) is 36.5 Å². The molecule has 3 aromatic rings. The molecule has 3 aromatic carbocycles. The van der Waals surface area contributed by atoms with Crippen LogP contribution in [0, 0.1) is 6.92 Å². The lowest BCUT2D eigenvalue weighted by Gasteiger charge is -2.20. The number of halogens is 2. The third kappa shape index (κ3) is 5.42. The van der Waals surface area contributed by atoms with Crippen molar-refractivity contribution in [3.63, 3.8) is 0 Å². The van der Waals surface area contributed by atoms with Gasteiger partial charge in [0.05, 0.1) is 37.1 Å². The van der Waals surface area contributed by atoms with Gasteiger partial charge in [-0.05, 0) is 73.1 Å². The van der Waals surface area contributed by atoms with Gasteiger partial charge < -0.3 is 19.5 Å². The fourth-order valence-electron chi connectivity index (χ4n) is 4.75. The first-order chi connectivity index (χ1) is 17.5. The largest absolute Gasteiger partial charge is 0.493 e. The Labute approximate surface area is 222 Å². The van der Waals surface area contributed by atoms with E-state index in [-0.39, 0.29) is 6.04 Å². The fraction of sp³-hybridized carbons (Fsp3) is 0.345. The number of anilines is 1. The minimum atomic E-state index is -0.480. The van der Waals surface area contributed by atoms with Crippen LogP contribution in [-0.2, 0) is 11.2 Å². The summed E-state index contributed by atoms with van der Waals surface area (Å²) < 4.78 is 16.6. The number of rotatable bonds is 10. The number of carbonyl (C=O) groups is 1. The van der Waals surface area contributed by atoms with Crippen molar-refractivity contribution >= 4 is 34.9 Å². The number of carbonyl (C=O) groups excluding carboxylic acids is 1. The van der Waals surface area contributed by atoms with E-state index in [1.807, 2.05) is 19.1 Å². The molecular formula is C29H31Cl2NO4. The molecule has 0 fully saturated rings. The van der Waals surface area contributed by atoms with Crippen LogP contribution in [0.25, 0.3) is 11.1 Å². The van der Waals surface area contributed by atoms with Crippen molar-refractivity contribution in [1.29, 1.82) is 0 Å². The average Bonchev–Trinajstić information content (AvgIpc) is 3.29. The van der Waals surface area contributed by atoms with Crippen molar-refractivity contribution in [2.24, 2.45) is 0 Å². The van der Waals surface area contributed by atoms with Crippen molar-refractivity contribution in [2.45, 2.75) is 39.2 Å². The lowest BCUT2D eigenvalue weighted by atomic mass is 9.93. The summed E-state index contributed by atoms with van der Waals surface area (Å²) in [6.45, 7) is 5.01. The summed E-state index contributed by atoms with van der Waals surface area (Å²) in [5.41, 5.74) is 7.12. The summed E-state index contributed by atoms with van der Waals surface area (Å²) in [5, 5.41) is 4.03. The molecule has 0 spiro atoms. The highest BCUT2D eigenvalue weighted by atomic mass is 35.5. The fourth-order valence-corrected chi connectivity index (χ4v) is 5.08. The maximum atomic E-state index is 12.2. The number of hydrogen-bond donors (Lipinski definition) is 1. The molecule has 0 radical (unpaired) electrons. The Bertz CT molecular complexity index is 1240. The minimum absolute atomic E-state index is 0.0827. The molecule has 0 saturated heterocycles. The molecule has 1 aliphatic carbocycles. The highest BCUT2D eigenvalue weighted by molar-refractivity contribution is 6.33. The quantitative estimate of drug-likeness (QED) is 0.167. The monoisotopic (exact) mass is 527 g/mol. The number of methoxy groups -OCH3 is 1. The van der Waals surface area contributed by atoms with Crippen LogP contribution >= 0.6 is 23.2 Å². The molecule has 0 bridgehead atoms. The van der Waals surface area contributed by atoms with Gasteiger partial charge in [-0.1, -0.05) is 41.9 Å². The van der Waals surface area contributed by atoms with Crippen LogP contribution in [0.15, 0.2) is 48.5 Å². The van der Waals surface area contributed by atoms with Gasteiger partial charge in [0.25, 0.3) is 0 Å². The smallest absolute Gasteiger partial charge is 0.341 e. The van der Waals surface area contributed by atoms with Gasteiger partial charge in [-0.15, -0.1) is 11.6 Å². The van der Waals surface area contributed by atoms with Gasteiger partial charge in [0.1, 0.15) is 17.1 Å². The first-order valence-corrected chi connectivity index (χ1v) is 13.1. The second kappa shape index (κ2) is 11.9. The minimum Gasteiger partial charge on any atom is -0.493 e. The first kappa shape index (κ1) is 26.2. The first-order valence-electron chi connectivity index (χ1n) is 12.2. The normalized spacial score (nSPS) is 14.3. The third-order valence-corrected chi connectivity index (χ3v) is 7.06. The van der Waals surface area contributed by atoms with Crippen molar-refractivity contribution in [2.75, 3.05) is 31.5 Å². The molecule has 0 amide bonds. The Kier molecular flexibility index (Phi) is 8.65. The van der Waals surface area contributed by atoms with Gasteiger partial charge in [0.2, 0.25) is 0 Å². The summed E-state index contributed by atoms with van der Waals surface area (Å²) >= 11 is 12.4. The second-order valence-corrected chi connectivity index (χ2v) is 9.47. The van der Waals surface area contributed by atoms with Crippen LogP contribution in [0.4, 0.5) is 5.69 Å². The summed E-state index contributed by atoms with van der Waals surface area (Å²) in [5.74, 6) is 1.45. The van der Waals surface area contributed by atoms with E-state index in [0.717, 1.165) is 36.3 Å². The van der Waals surface area contributed by atoms with Crippen LogP contribution in [0.1, 0.15) is 52.9 Å². The lowest BCUT2D eigenvalue weighted by Crippen LogP contribution is -2.10. The van der Waals surface area contributed by atoms with Crippen LogP contribution < -0.4 is 14.8 Å². The van der Waals surface area contributed by atoms with Crippen molar-refractivity contribution < 1.29 is 19.0 Å². The molecule has 0 aromatic heterocycles. The van der Waals surface area contributed by atoms with Gasteiger partial charge in [-0.25, -0.2) is 4.79 Å². The molecular weight excluding hydrogens is 497 g/mol. The SMILES string of the molecule is CCOc1cc(NC2CCc3c(-c4cccc(OCCCCl)c4C)cccc32)c(Cl)cc1C(=O)OC. The molecule has 1 unspecified atom stereocenters. The maximum absolute atomic E-state index is 12.2. The van der Waals surface area contributed by atoms with Crippen molar-refractivity contribution in [3.8, 4) is 22.6 Å². The van der Waals surface area contributed by atoms with Crippen LogP contribution in [0.5, 0.6) is 11.5 Å². The summed E-state index contributed by atoms with van der Waals surface area (Å²) in [7, 11) is 1.34. The number of alkyl halides is 1. The van der Waals surface area contributed by atoms with Crippen LogP contribution in [0.3, 0.4) is 0 Å². The van der Waals surface area contributed by atoms with E-state index in [1.165, 1.54) is 29.4 Å². The van der Waals surface area contributed by atoms with Crippen molar-refractivity contribution in [1.82, 2.24) is 0 Å². The Morgan fingerprint density at radius 3 is 2.61 bits per heavy atom. The zero-order valence-electron chi connectivity index (χ0n) is 20.8. The molecule has 0 heterocycles. The standard InChI is InChI=1S/C29H31Cl2NO4/c1-4-35-28-17-26(24(31)16-23(28)29(33)34-3)32-25-13-12-21-20(9-5-10-22(21)25)19-8-6-11-27(18(19)2)36-15-7-14-30/h5-6,8-11,16-17,25,32H,4,7,12-15H2,1-3H3. The number of benzene rings is 3. The number of nitrogens with one attached hydrogen (secondary N) is 1. The Balaban J connectivity index is 1.64. The summed E-state index contributed by atoms with van der Waals surface area (Å²) in [6, 6.07) is 16.1. The van der Waals surface area contributed by atoms with Gasteiger partial charge in [-0.2, -0.15) is 0 Å². The van der Waals surface area contributed by atoms with E-state index in [0.29, 0.717) is 35.4 Å². The average molecular weight is 528 g/mol. The summed E-state index contributed by atoms with van der Waals surface area (Å²) in [4.78, 5) is 12.2. The number of esters is 1. The molecule has 0 aliphatic heterocycles. The van der Waals surface area contributed by atoms with Gasteiger partial charge in [0.15, 0.2) is 0 Å². The summed E-state index contributed by atoms with van der Waals surface area (Å²) in [6.07, 6.45) is 2.68. The number of hydrogen-bond acceptors (Lipinski definition) is 5. The molecule has 4 rings (SSSR count). The second-order valence-electron chi connectivity index (χ2n) is 8.68. The van der Waals surface area contributed by atoms with E-state index in [9.17, 15) is 4.79 Å². The lowest BCUT2D eigenvalue weighted by molar-refractivity contribution is 0.0596. The molecule has 1 atom stereocenters. The van der Waals surface area contributed by atoms with Crippen LogP contribution in [-0.4, -0.2) is 32.2 Å². The number of ether oxygens (including phenoxy) is 3. The Hall–Kier alpha value is -2.89. The molecule has 5 nitrogen and oxygen atoms in total. The molecule has 7 heteroatoms. The number of fused-ring (bicyclic) bond motifs is 1. The van der Waals surface area contributed by atoms with E-state index < -0.39 is 5.97 Å². The maximum Gasteiger partial charge on any atom is 0.341 e. The molecule has 0 saturated carbocycles. The zero-order valence-corrected chi connectivity index (χ0v) is 22.3. The molecule has 1 N–H and O–H groups in total. The van der Waals surface area contributed by atoms with Gasteiger partial charge >= 0.3 is 5.97 Å². The predicted molar refractivity (Wildman–Crippen MR) is 146 cm³/mol. The topological polar surface area (TPSA) is 56.8 Å². The van der Waals surface area contributed by atoms with E-state index in [4.69, 9.17) is 37.4 Å². The van der Waals surface area contributed by atoms with Crippen molar-refractivity contribution in [3.05, 3.63) is 75.8 Å². The van der Waals surface area contributed by atoms with Crippen LogP contribution in [0.2, 0.25) is 5.02 Å². The molecule has 190 valence electrons.